The molecule has 1 aromatic carbocycles. The quantitative estimate of drug-likeness (QED) is 0.795. The van der Waals surface area contributed by atoms with Crippen molar-refractivity contribution in [1.82, 2.24) is 9.97 Å². The van der Waals surface area contributed by atoms with Crippen molar-refractivity contribution in [2.24, 2.45) is 0 Å². The lowest BCUT2D eigenvalue weighted by Gasteiger charge is -2.36. The van der Waals surface area contributed by atoms with Crippen LogP contribution in [0.5, 0.6) is 0 Å². The van der Waals surface area contributed by atoms with Gasteiger partial charge in [-0.1, -0.05) is 20.3 Å². The average Bonchev–Trinajstić information content (AvgIpc) is 2.64. The number of hydrogen-bond acceptors (Lipinski definition) is 4. The smallest absolute Gasteiger partial charge is 0.229 e. The van der Waals surface area contributed by atoms with Crippen LogP contribution in [-0.2, 0) is 6.42 Å². The molecule has 1 aliphatic heterocycles. The third-order valence-corrected chi connectivity index (χ3v) is 4.76. The van der Waals surface area contributed by atoms with E-state index in [4.69, 9.17) is 4.98 Å². The van der Waals surface area contributed by atoms with Crippen molar-refractivity contribution in [3.05, 3.63) is 41.8 Å². The van der Waals surface area contributed by atoms with Gasteiger partial charge in [-0.05, 0) is 56.4 Å². The molecule has 5 heteroatoms. The molecule has 1 N–H and O–H groups in total. The van der Waals surface area contributed by atoms with Gasteiger partial charge in [0.05, 0.1) is 0 Å². The first-order chi connectivity index (χ1) is 12.2. The maximum atomic E-state index is 13.1. The number of aromatic nitrogens is 2. The van der Waals surface area contributed by atoms with Gasteiger partial charge in [0.25, 0.3) is 0 Å². The molecule has 1 unspecified atom stereocenters. The van der Waals surface area contributed by atoms with Crippen molar-refractivity contribution in [1.29, 1.82) is 0 Å². The van der Waals surface area contributed by atoms with E-state index in [1.165, 1.54) is 31.4 Å². The van der Waals surface area contributed by atoms with Crippen molar-refractivity contribution >= 4 is 17.5 Å². The van der Waals surface area contributed by atoms with Crippen molar-refractivity contribution in [2.45, 2.75) is 58.4 Å². The van der Waals surface area contributed by atoms with Crippen LogP contribution in [0.2, 0.25) is 0 Å². The van der Waals surface area contributed by atoms with Crippen LogP contribution in [0, 0.1) is 5.82 Å². The fraction of sp³-hybridized carbons (Fsp3) is 0.500. The number of benzene rings is 1. The Bertz CT molecular complexity index is 687. The lowest BCUT2D eigenvalue weighted by Crippen LogP contribution is -2.39. The molecule has 0 amide bonds. The van der Waals surface area contributed by atoms with E-state index in [0.29, 0.717) is 12.0 Å². The highest BCUT2D eigenvalue weighted by Crippen LogP contribution is 2.27. The van der Waals surface area contributed by atoms with E-state index in [0.717, 1.165) is 43.0 Å². The zero-order valence-corrected chi connectivity index (χ0v) is 15.1. The van der Waals surface area contributed by atoms with E-state index in [2.05, 4.69) is 35.1 Å². The second-order valence-electron chi connectivity index (χ2n) is 6.67. The predicted molar refractivity (Wildman–Crippen MR) is 101 cm³/mol. The highest BCUT2D eigenvalue weighted by molar-refractivity contribution is 5.56. The number of nitrogens with one attached hydrogen (secondary N) is 1. The van der Waals surface area contributed by atoms with Crippen LogP contribution in [0.15, 0.2) is 30.3 Å². The van der Waals surface area contributed by atoms with E-state index < -0.39 is 0 Å². The number of halogens is 1. The molecule has 25 heavy (non-hydrogen) atoms. The lowest BCUT2D eigenvalue weighted by molar-refractivity contribution is 0.446. The monoisotopic (exact) mass is 342 g/mol. The summed E-state index contributed by atoms with van der Waals surface area (Å²) in [6.45, 7) is 5.45. The van der Waals surface area contributed by atoms with Crippen LogP contribution in [0.25, 0.3) is 0 Å². The molecule has 0 saturated carbocycles. The number of piperidine rings is 1. The second-order valence-corrected chi connectivity index (χ2v) is 6.67. The first-order valence-electron chi connectivity index (χ1n) is 9.36. The first-order valence-corrected chi connectivity index (χ1v) is 9.36. The summed E-state index contributed by atoms with van der Waals surface area (Å²) in [5, 5.41) is 3.23. The fourth-order valence-corrected chi connectivity index (χ4v) is 3.46. The van der Waals surface area contributed by atoms with E-state index in [1.54, 1.807) is 12.1 Å². The minimum absolute atomic E-state index is 0.244. The standard InChI is InChI=1S/C20H27FN4/c1-3-7-17-14-19(25-13-6-5-8-18(25)4-2)24-20(23-17)22-16-11-9-15(21)10-12-16/h9-12,14,18H,3-8,13H2,1-2H3,(H,22,23,24). The van der Waals surface area contributed by atoms with Gasteiger partial charge in [-0.2, -0.15) is 4.98 Å². The van der Waals surface area contributed by atoms with Gasteiger partial charge < -0.3 is 10.2 Å². The van der Waals surface area contributed by atoms with Crippen LogP contribution < -0.4 is 10.2 Å². The molecule has 1 fully saturated rings. The highest BCUT2D eigenvalue weighted by Gasteiger charge is 2.23. The lowest BCUT2D eigenvalue weighted by atomic mass is 10.00. The Morgan fingerprint density at radius 1 is 1.16 bits per heavy atom. The molecule has 4 nitrogen and oxygen atoms in total. The molecular formula is C20H27FN4. The minimum Gasteiger partial charge on any atom is -0.353 e. The topological polar surface area (TPSA) is 41.1 Å². The molecule has 0 aliphatic carbocycles. The van der Waals surface area contributed by atoms with Crippen LogP contribution in [0.4, 0.5) is 21.8 Å². The number of nitrogens with zero attached hydrogens (tertiary/aromatic N) is 3. The molecular weight excluding hydrogens is 315 g/mol. The summed E-state index contributed by atoms with van der Waals surface area (Å²) in [5.41, 5.74) is 1.85. The molecule has 1 aromatic heterocycles. The summed E-state index contributed by atoms with van der Waals surface area (Å²) in [5.74, 6) is 1.36. The SMILES string of the molecule is CCCc1cc(N2CCCCC2CC)nc(Nc2ccc(F)cc2)n1. The maximum absolute atomic E-state index is 13.1. The summed E-state index contributed by atoms with van der Waals surface area (Å²) in [6, 6.07) is 8.99. The van der Waals surface area contributed by atoms with Crippen molar-refractivity contribution in [2.75, 3.05) is 16.8 Å². The first kappa shape index (κ1) is 17.6. The van der Waals surface area contributed by atoms with Gasteiger partial charge in [0.2, 0.25) is 5.95 Å². The summed E-state index contributed by atoms with van der Waals surface area (Å²) >= 11 is 0. The fourth-order valence-electron chi connectivity index (χ4n) is 3.46. The molecule has 134 valence electrons. The van der Waals surface area contributed by atoms with E-state index in [9.17, 15) is 4.39 Å². The van der Waals surface area contributed by atoms with Gasteiger partial charge in [-0.15, -0.1) is 0 Å². The Kier molecular flexibility index (Phi) is 5.84. The minimum atomic E-state index is -0.244. The normalized spacial score (nSPS) is 17.6. The Morgan fingerprint density at radius 3 is 2.68 bits per heavy atom. The molecule has 2 heterocycles. The second kappa shape index (κ2) is 8.28. The molecule has 0 spiro atoms. The number of aryl methyl sites for hydroxylation is 1. The average molecular weight is 342 g/mol. The molecule has 1 atom stereocenters. The van der Waals surface area contributed by atoms with E-state index >= 15 is 0 Å². The number of rotatable bonds is 6. The zero-order valence-electron chi connectivity index (χ0n) is 15.1. The van der Waals surface area contributed by atoms with Crippen molar-refractivity contribution < 1.29 is 4.39 Å². The van der Waals surface area contributed by atoms with Crippen LogP contribution >= 0.6 is 0 Å². The molecule has 1 aliphatic rings. The van der Waals surface area contributed by atoms with E-state index in [1.807, 2.05) is 0 Å². The van der Waals surface area contributed by atoms with Crippen LogP contribution in [-0.4, -0.2) is 22.6 Å². The van der Waals surface area contributed by atoms with Crippen LogP contribution in [0.3, 0.4) is 0 Å². The third kappa shape index (κ3) is 4.47. The van der Waals surface area contributed by atoms with Gasteiger partial charge in [-0.3, -0.25) is 0 Å². The Hall–Kier alpha value is -2.17. The predicted octanol–water partition coefficient (Wildman–Crippen LogP) is 5.08. The Morgan fingerprint density at radius 2 is 1.96 bits per heavy atom. The largest absolute Gasteiger partial charge is 0.353 e. The summed E-state index contributed by atoms with van der Waals surface area (Å²) in [7, 11) is 0. The highest BCUT2D eigenvalue weighted by atomic mass is 19.1. The molecule has 3 rings (SSSR count). The van der Waals surface area contributed by atoms with Gasteiger partial charge in [-0.25, -0.2) is 9.37 Å². The van der Waals surface area contributed by atoms with Gasteiger partial charge in [0.1, 0.15) is 11.6 Å². The third-order valence-electron chi connectivity index (χ3n) is 4.76. The summed E-state index contributed by atoms with van der Waals surface area (Å²) in [6.07, 6.45) is 6.84. The molecule has 0 radical (unpaired) electrons. The van der Waals surface area contributed by atoms with Gasteiger partial charge >= 0.3 is 0 Å². The van der Waals surface area contributed by atoms with Crippen LogP contribution in [0.1, 0.15) is 51.6 Å². The number of hydrogen-bond donors (Lipinski definition) is 1. The summed E-state index contributed by atoms with van der Waals surface area (Å²) < 4.78 is 13.1. The summed E-state index contributed by atoms with van der Waals surface area (Å²) in [4.78, 5) is 11.8. The Balaban J connectivity index is 1.89. The van der Waals surface area contributed by atoms with E-state index in [-0.39, 0.29) is 5.82 Å². The molecule has 2 aromatic rings. The Labute approximate surface area is 149 Å². The van der Waals surface area contributed by atoms with Gasteiger partial charge in [0.15, 0.2) is 0 Å². The number of anilines is 3. The van der Waals surface area contributed by atoms with Crippen molar-refractivity contribution in [3.8, 4) is 0 Å². The van der Waals surface area contributed by atoms with Gasteiger partial charge in [0, 0.05) is 30.0 Å². The van der Waals surface area contributed by atoms with Crippen molar-refractivity contribution in [3.63, 3.8) is 0 Å². The maximum Gasteiger partial charge on any atom is 0.229 e. The zero-order chi connectivity index (χ0) is 17.6. The molecule has 1 saturated heterocycles. The molecule has 0 bridgehead atoms.